The standard InChI is InChI=1S/C18H14N2O5/c1-10(21)20-14-6-5-11(18(24)25-2)8-13(14)15(17(20)23)16(22)12-4-3-7-19-9-12/h3-9,23H,1-2H3. The lowest BCUT2D eigenvalue weighted by Gasteiger charge is -2.02. The van der Waals surface area contributed by atoms with Crippen molar-refractivity contribution in [2.45, 2.75) is 6.92 Å². The number of carbonyl (C=O) groups excluding carboxylic acids is 3. The van der Waals surface area contributed by atoms with E-state index in [9.17, 15) is 19.5 Å². The van der Waals surface area contributed by atoms with Gasteiger partial charge in [0.1, 0.15) is 0 Å². The molecule has 0 atom stereocenters. The fourth-order valence-corrected chi connectivity index (χ4v) is 2.71. The number of carbonyl (C=O) groups is 3. The molecule has 7 nitrogen and oxygen atoms in total. The number of ketones is 1. The molecule has 0 aliphatic heterocycles. The molecule has 2 aromatic heterocycles. The number of hydrogen-bond acceptors (Lipinski definition) is 6. The van der Waals surface area contributed by atoms with Crippen molar-refractivity contribution >= 4 is 28.6 Å². The molecule has 0 aliphatic rings. The maximum atomic E-state index is 12.8. The molecule has 0 aliphatic carbocycles. The normalized spacial score (nSPS) is 10.6. The zero-order valence-electron chi connectivity index (χ0n) is 13.5. The minimum absolute atomic E-state index is 0.0658. The second-order valence-electron chi connectivity index (χ2n) is 5.35. The minimum Gasteiger partial charge on any atom is -0.494 e. The second-order valence-corrected chi connectivity index (χ2v) is 5.35. The molecule has 126 valence electrons. The average Bonchev–Trinajstić information content (AvgIpc) is 2.92. The van der Waals surface area contributed by atoms with E-state index in [1.165, 1.54) is 44.6 Å². The van der Waals surface area contributed by atoms with Crippen LogP contribution in [0.4, 0.5) is 0 Å². The number of aromatic hydroxyl groups is 1. The largest absolute Gasteiger partial charge is 0.494 e. The van der Waals surface area contributed by atoms with E-state index in [-0.39, 0.29) is 22.1 Å². The van der Waals surface area contributed by atoms with Crippen LogP contribution in [0.5, 0.6) is 5.88 Å². The Bertz CT molecular complexity index is 1010. The maximum absolute atomic E-state index is 12.8. The number of aromatic nitrogens is 2. The summed E-state index contributed by atoms with van der Waals surface area (Å²) in [5.41, 5.74) is 0.716. The Hall–Kier alpha value is -3.48. The van der Waals surface area contributed by atoms with Crippen LogP contribution in [0.3, 0.4) is 0 Å². The molecule has 7 heteroatoms. The van der Waals surface area contributed by atoms with E-state index in [0.29, 0.717) is 5.52 Å². The molecular formula is C18H14N2O5. The molecular weight excluding hydrogens is 324 g/mol. The summed E-state index contributed by atoms with van der Waals surface area (Å²) in [4.78, 5) is 40.4. The molecule has 0 saturated carbocycles. The van der Waals surface area contributed by atoms with E-state index >= 15 is 0 Å². The zero-order valence-corrected chi connectivity index (χ0v) is 13.5. The first-order valence-electron chi connectivity index (χ1n) is 7.37. The van der Waals surface area contributed by atoms with Crippen molar-refractivity contribution in [3.63, 3.8) is 0 Å². The van der Waals surface area contributed by atoms with Gasteiger partial charge in [-0.3, -0.25) is 19.1 Å². The number of pyridine rings is 1. The van der Waals surface area contributed by atoms with E-state index in [4.69, 9.17) is 0 Å². The Morgan fingerprint density at radius 2 is 1.92 bits per heavy atom. The molecule has 0 fully saturated rings. The average molecular weight is 338 g/mol. The lowest BCUT2D eigenvalue weighted by molar-refractivity contribution is 0.0600. The van der Waals surface area contributed by atoms with Crippen LogP contribution in [0.25, 0.3) is 10.9 Å². The van der Waals surface area contributed by atoms with Gasteiger partial charge in [0.25, 0.3) is 0 Å². The van der Waals surface area contributed by atoms with Crippen LogP contribution in [-0.4, -0.2) is 39.4 Å². The van der Waals surface area contributed by atoms with Crippen molar-refractivity contribution in [2.24, 2.45) is 0 Å². The summed E-state index contributed by atoms with van der Waals surface area (Å²) in [6.45, 7) is 1.27. The van der Waals surface area contributed by atoms with Crippen LogP contribution in [0.2, 0.25) is 0 Å². The van der Waals surface area contributed by atoms with E-state index < -0.39 is 23.5 Å². The SMILES string of the molecule is COC(=O)c1ccc2c(c1)c(C(=O)c1cccnc1)c(O)n2C(C)=O. The fraction of sp³-hybridized carbons (Fsp3) is 0.111. The molecule has 0 bridgehead atoms. The van der Waals surface area contributed by atoms with Crippen LogP contribution in [0.15, 0.2) is 42.7 Å². The van der Waals surface area contributed by atoms with E-state index in [1.807, 2.05) is 0 Å². The second kappa shape index (κ2) is 6.20. The predicted molar refractivity (Wildman–Crippen MR) is 88.9 cm³/mol. The summed E-state index contributed by atoms with van der Waals surface area (Å²) in [5.74, 6) is -2.02. The Kier molecular flexibility index (Phi) is 4.06. The van der Waals surface area contributed by atoms with Gasteiger partial charge in [0, 0.05) is 30.3 Å². The molecule has 25 heavy (non-hydrogen) atoms. The number of esters is 1. The third-order valence-electron chi connectivity index (χ3n) is 3.83. The summed E-state index contributed by atoms with van der Waals surface area (Å²) < 4.78 is 5.71. The van der Waals surface area contributed by atoms with Gasteiger partial charge in [0.2, 0.25) is 17.6 Å². The molecule has 0 amide bonds. The van der Waals surface area contributed by atoms with Crippen molar-refractivity contribution in [1.82, 2.24) is 9.55 Å². The van der Waals surface area contributed by atoms with Gasteiger partial charge < -0.3 is 9.84 Å². The summed E-state index contributed by atoms with van der Waals surface area (Å²) >= 11 is 0. The highest BCUT2D eigenvalue weighted by Crippen LogP contribution is 2.33. The van der Waals surface area contributed by atoms with Crippen LogP contribution in [0, 0.1) is 0 Å². The maximum Gasteiger partial charge on any atom is 0.337 e. The number of fused-ring (bicyclic) bond motifs is 1. The summed E-state index contributed by atoms with van der Waals surface area (Å²) in [6.07, 6.45) is 2.88. The first-order chi connectivity index (χ1) is 12.0. The van der Waals surface area contributed by atoms with Crippen LogP contribution in [0.1, 0.15) is 38.0 Å². The number of rotatable bonds is 3. The highest BCUT2D eigenvalue weighted by Gasteiger charge is 2.26. The Balaban J connectivity index is 2.32. The van der Waals surface area contributed by atoms with Gasteiger partial charge in [-0.05, 0) is 30.3 Å². The van der Waals surface area contributed by atoms with Crippen molar-refractivity contribution in [3.05, 3.63) is 59.4 Å². The lowest BCUT2D eigenvalue weighted by Crippen LogP contribution is -2.06. The van der Waals surface area contributed by atoms with Crippen LogP contribution in [-0.2, 0) is 4.74 Å². The Morgan fingerprint density at radius 3 is 2.52 bits per heavy atom. The quantitative estimate of drug-likeness (QED) is 0.582. The molecule has 0 saturated heterocycles. The van der Waals surface area contributed by atoms with E-state index in [2.05, 4.69) is 9.72 Å². The molecule has 2 heterocycles. The Morgan fingerprint density at radius 1 is 1.16 bits per heavy atom. The Labute approximate surface area is 142 Å². The van der Waals surface area contributed by atoms with Crippen LogP contribution < -0.4 is 0 Å². The molecule has 0 radical (unpaired) electrons. The molecule has 3 aromatic rings. The van der Waals surface area contributed by atoms with Gasteiger partial charge in [-0.15, -0.1) is 0 Å². The third-order valence-corrected chi connectivity index (χ3v) is 3.83. The van der Waals surface area contributed by atoms with Crippen LogP contribution >= 0.6 is 0 Å². The summed E-state index contributed by atoms with van der Waals surface area (Å²) in [5, 5.41) is 10.8. The van der Waals surface area contributed by atoms with Gasteiger partial charge >= 0.3 is 5.97 Å². The van der Waals surface area contributed by atoms with Crippen molar-refractivity contribution in [1.29, 1.82) is 0 Å². The zero-order chi connectivity index (χ0) is 18.1. The van der Waals surface area contributed by atoms with Gasteiger partial charge in [-0.25, -0.2) is 4.79 Å². The van der Waals surface area contributed by atoms with Crippen molar-refractivity contribution in [2.75, 3.05) is 7.11 Å². The van der Waals surface area contributed by atoms with Gasteiger partial charge in [0.15, 0.2) is 0 Å². The highest BCUT2D eigenvalue weighted by atomic mass is 16.5. The van der Waals surface area contributed by atoms with Crippen molar-refractivity contribution in [3.8, 4) is 5.88 Å². The van der Waals surface area contributed by atoms with Crippen molar-refractivity contribution < 1.29 is 24.2 Å². The minimum atomic E-state index is -0.586. The summed E-state index contributed by atoms with van der Waals surface area (Å²) in [6, 6.07) is 7.52. The lowest BCUT2D eigenvalue weighted by atomic mass is 10.0. The van der Waals surface area contributed by atoms with Gasteiger partial charge in [0.05, 0.1) is 23.8 Å². The van der Waals surface area contributed by atoms with Gasteiger partial charge in [-0.1, -0.05) is 0 Å². The smallest absolute Gasteiger partial charge is 0.337 e. The molecule has 0 spiro atoms. The first-order valence-corrected chi connectivity index (χ1v) is 7.37. The number of methoxy groups -OCH3 is 1. The number of ether oxygens (including phenoxy) is 1. The number of hydrogen-bond donors (Lipinski definition) is 1. The molecule has 1 N–H and O–H groups in total. The van der Waals surface area contributed by atoms with Gasteiger partial charge in [-0.2, -0.15) is 0 Å². The molecule has 0 unspecified atom stereocenters. The summed E-state index contributed by atoms with van der Waals surface area (Å²) in [7, 11) is 1.24. The molecule has 1 aromatic carbocycles. The number of benzene rings is 1. The predicted octanol–water partition coefficient (Wildman–Crippen LogP) is 2.42. The van der Waals surface area contributed by atoms with E-state index in [0.717, 1.165) is 4.57 Å². The topological polar surface area (TPSA) is 98.5 Å². The molecule has 3 rings (SSSR count). The number of nitrogens with zero attached hydrogens (tertiary/aromatic N) is 2. The fourth-order valence-electron chi connectivity index (χ4n) is 2.71. The first kappa shape index (κ1) is 16.4. The highest BCUT2D eigenvalue weighted by molar-refractivity contribution is 6.20. The third kappa shape index (κ3) is 2.65. The monoisotopic (exact) mass is 338 g/mol. The van der Waals surface area contributed by atoms with E-state index in [1.54, 1.807) is 12.1 Å².